The summed E-state index contributed by atoms with van der Waals surface area (Å²) in [5.74, 6) is 2.11. The summed E-state index contributed by atoms with van der Waals surface area (Å²) in [4.78, 5) is 21.1. The molecule has 1 fully saturated rings. The van der Waals surface area contributed by atoms with Crippen LogP contribution in [0.4, 0.5) is 0 Å². The van der Waals surface area contributed by atoms with Crippen LogP contribution in [0, 0.1) is 5.92 Å². The Hall–Kier alpha value is -3.66. The lowest BCUT2D eigenvalue weighted by molar-refractivity contribution is 0.0642. The van der Waals surface area contributed by atoms with Crippen molar-refractivity contribution in [2.75, 3.05) is 41.1 Å². The van der Waals surface area contributed by atoms with Gasteiger partial charge in [-0.2, -0.15) is 9.78 Å². The highest BCUT2D eigenvalue weighted by Gasteiger charge is 2.22. The number of hydrogen-bond donors (Lipinski definition) is 1. The van der Waals surface area contributed by atoms with Crippen molar-refractivity contribution in [1.29, 1.82) is 0 Å². The highest BCUT2D eigenvalue weighted by atomic mass is 16.5. The number of carbonyl (C=O) groups is 1. The Balaban J connectivity index is 1.54. The number of hydrogen-bond acceptors (Lipinski definition) is 8. The molecule has 0 aromatic carbocycles. The first-order chi connectivity index (χ1) is 16.2. The topological polar surface area (TPSA) is 110 Å². The van der Waals surface area contributed by atoms with Crippen LogP contribution in [0.5, 0.6) is 17.5 Å². The average molecular weight is 453 g/mol. The van der Waals surface area contributed by atoms with Gasteiger partial charge in [-0.1, -0.05) is 0 Å². The molecule has 0 atom stereocenters. The number of nitrogens with zero attached hydrogens (tertiary/aromatic N) is 4. The molecular formula is C23H27N5O5. The standard InChI is InChI=1S/C23H27N5O5/c1-30-20-17(6-9-24-22(20)31-2)18-14-27-28(23(18)32-3)19-5-4-16(13-25-19)21(29)26-12-15-7-10-33-11-8-15/h4-6,9,13-15H,7-8,10-12H2,1-3H3,(H,26,29). The van der Waals surface area contributed by atoms with E-state index >= 15 is 0 Å². The highest BCUT2D eigenvalue weighted by molar-refractivity contribution is 5.93. The molecule has 33 heavy (non-hydrogen) atoms. The number of rotatable bonds is 8. The van der Waals surface area contributed by atoms with E-state index in [0.717, 1.165) is 31.6 Å². The first-order valence-electron chi connectivity index (χ1n) is 10.7. The molecule has 3 aromatic rings. The Morgan fingerprint density at radius 2 is 1.88 bits per heavy atom. The number of aromatic nitrogens is 4. The van der Waals surface area contributed by atoms with Crippen LogP contribution in [0.2, 0.25) is 0 Å². The van der Waals surface area contributed by atoms with Gasteiger partial charge in [0.2, 0.25) is 5.88 Å². The molecular weight excluding hydrogens is 426 g/mol. The van der Waals surface area contributed by atoms with Crippen LogP contribution in [0.25, 0.3) is 16.9 Å². The summed E-state index contributed by atoms with van der Waals surface area (Å²) >= 11 is 0. The molecule has 0 saturated carbocycles. The van der Waals surface area contributed by atoms with Gasteiger partial charge in [-0.25, -0.2) is 9.97 Å². The lowest BCUT2D eigenvalue weighted by Gasteiger charge is -2.22. The molecule has 1 saturated heterocycles. The van der Waals surface area contributed by atoms with E-state index in [0.29, 0.717) is 46.9 Å². The van der Waals surface area contributed by atoms with Gasteiger partial charge in [-0.15, -0.1) is 0 Å². The molecule has 0 bridgehead atoms. The number of pyridine rings is 2. The zero-order valence-corrected chi connectivity index (χ0v) is 18.9. The van der Waals surface area contributed by atoms with E-state index in [1.165, 1.54) is 13.3 Å². The SMILES string of the molecule is COc1nccc(-c2cnn(-c3ccc(C(=O)NCC4CCOCC4)cn3)c2OC)c1OC. The Kier molecular flexibility index (Phi) is 7.04. The van der Waals surface area contributed by atoms with Gasteiger partial charge in [0.05, 0.1) is 38.7 Å². The molecule has 3 aromatic heterocycles. The van der Waals surface area contributed by atoms with Gasteiger partial charge < -0.3 is 24.3 Å². The van der Waals surface area contributed by atoms with Gasteiger partial charge in [0.15, 0.2) is 11.6 Å². The zero-order chi connectivity index (χ0) is 23.2. The van der Waals surface area contributed by atoms with E-state index in [9.17, 15) is 4.79 Å². The number of methoxy groups -OCH3 is 3. The predicted molar refractivity (Wildman–Crippen MR) is 120 cm³/mol. The Labute approximate surface area is 191 Å². The van der Waals surface area contributed by atoms with Crippen molar-refractivity contribution in [3.8, 4) is 34.5 Å². The number of ether oxygens (including phenoxy) is 4. The molecule has 174 valence electrons. The Morgan fingerprint density at radius 3 is 2.55 bits per heavy atom. The minimum absolute atomic E-state index is 0.151. The molecule has 0 aliphatic carbocycles. The van der Waals surface area contributed by atoms with E-state index in [-0.39, 0.29) is 5.91 Å². The molecule has 0 spiro atoms. The maximum absolute atomic E-state index is 12.5. The quantitative estimate of drug-likeness (QED) is 0.554. The fraction of sp³-hybridized carbons (Fsp3) is 0.391. The van der Waals surface area contributed by atoms with Crippen molar-refractivity contribution in [3.63, 3.8) is 0 Å². The van der Waals surface area contributed by atoms with Crippen LogP contribution in [-0.4, -0.2) is 66.7 Å². The highest BCUT2D eigenvalue weighted by Crippen LogP contribution is 2.40. The summed E-state index contributed by atoms with van der Waals surface area (Å²) in [6.45, 7) is 2.14. The fourth-order valence-corrected chi connectivity index (χ4v) is 3.80. The second kappa shape index (κ2) is 10.3. The second-order valence-electron chi connectivity index (χ2n) is 7.55. The van der Waals surface area contributed by atoms with Crippen molar-refractivity contribution in [1.82, 2.24) is 25.1 Å². The molecule has 10 nitrogen and oxygen atoms in total. The van der Waals surface area contributed by atoms with Gasteiger partial charge in [0, 0.05) is 37.7 Å². The third kappa shape index (κ3) is 4.75. The molecule has 4 heterocycles. The average Bonchev–Trinajstić information content (AvgIpc) is 3.31. The first kappa shape index (κ1) is 22.5. The van der Waals surface area contributed by atoms with E-state index < -0.39 is 0 Å². The van der Waals surface area contributed by atoms with Gasteiger partial charge in [0.25, 0.3) is 11.8 Å². The molecule has 1 aliphatic heterocycles. The largest absolute Gasteiger partial charge is 0.491 e. The minimum atomic E-state index is -0.151. The Bertz CT molecular complexity index is 1090. The van der Waals surface area contributed by atoms with Gasteiger partial charge in [-0.05, 0) is 37.0 Å². The molecule has 0 unspecified atom stereocenters. The summed E-state index contributed by atoms with van der Waals surface area (Å²) in [5.41, 5.74) is 1.89. The van der Waals surface area contributed by atoms with E-state index in [2.05, 4.69) is 20.4 Å². The van der Waals surface area contributed by atoms with Crippen LogP contribution in [0.15, 0.2) is 36.8 Å². The summed E-state index contributed by atoms with van der Waals surface area (Å²) in [7, 11) is 4.63. The van der Waals surface area contributed by atoms with Crippen molar-refractivity contribution < 1.29 is 23.7 Å². The smallest absolute Gasteiger partial charge is 0.257 e. The molecule has 10 heteroatoms. The van der Waals surface area contributed by atoms with Crippen molar-refractivity contribution in [2.45, 2.75) is 12.8 Å². The van der Waals surface area contributed by atoms with Crippen LogP contribution >= 0.6 is 0 Å². The number of carbonyl (C=O) groups excluding carboxylic acids is 1. The maximum Gasteiger partial charge on any atom is 0.257 e. The van der Waals surface area contributed by atoms with Crippen LogP contribution in [0.3, 0.4) is 0 Å². The van der Waals surface area contributed by atoms with Gasteiger partial charge >= 0.3 is 0 Å². The van der Waals surface area contributed by atoms with Crippen molar-refractivity contribution in [2.24, 2.45) is 5.92 Å². The van der Waals surface area contributed by atoms with Crippen LogP contribution in [-0.2, 0) is 4.74 Å². The monoisotopic (exact) mass is 453 g/mol. The normalized spacial score (nSPS) is 14.0. The molecule has 1 N–H and O–H groups in total. The number of amides is 1. The van der Waals surface area contributed by atoms with Gasteiger partial charge in [-0.3, -0.25) is 4.79 Å². The van der Waals surface area contributed by atoms with Crippen LogP contribution < -0.4 is 19.5 Å². The van der Waals surface area contributed by atoms with E-state index in [1.54, 1.807) is 49.5 Å². The predicted octanol–water partition coefficient (Wildman–Crippen LogP) is 2.51. The third-order valence-corrected chi connectivity index (χ3v) is 5.60. The van der Waals surface area contributed by atoms with Crippen LogP contribution in [0.1, 0.15) is 23.2 Å². The summed E-state index contributed by atoms with van der Waals surface area (Å²) in [6, 6.07) is 5.25. The zero-order valence-electron chi connectivity index (χ0n) is 18.9. The van der Waals surface area contributed by atoms with Gasteiger partial charge in [0.1, 0.15) is 0 Å². The fourth-order valence-electron chi connectivity index (χ4n) is 3.80. The molecule has 0 radical (unpaired) electrons. The molecule has 4 rings (SSSR count). The maximum atomic E-state index is 12.5. The lowest BCUT2D eigenvalue weighted by atomic mass is 10.0. The lowest BCUT2D eigenvalue weighted by Crippen LogP contribution is -2.32. The molecule has 1 aliphatic rings. The number of nitrogens with one attached hydrogen (secondary N) is 1. The first-order valence-corrected chi connectivity index (χ1v) is 10.7. The van der Waals surface area contributed by atoms with E-state index in [4.69, 9.17) is 18.9 Å². The summed E-state index contributed by atoms with van der Waals surface area (Å²) in [5, 5.41) is 7.42. The summed E-state index contributed by atoms with van der Waals surface area (Å²) in [6.07, 6.45) is 6.75. The third-order valence-electron chi connectivity index (χ3n) is 5.60. The second-order valence-corrected chi connectivity index (χ2v) is 7.55. The van der Waals surface area contributed by atoms with Crippen molar-refractivity contribution >= 4 is 5.91 Å². The minimum Gasteiger partial charge on any atom is -0.491 e. The van der Waals surface area contributed by atoms with Crippen molar-refractivity contribution in [3.05, 3.63) is 42.4 Å². The Morgan fingerprint density at radius 1 is 1.06 bits per heavy atom. The van der Waals surface area contributed by atoms with E-state index in [1.807, 2.05) is 0 Å². The molecule has 1 amide bonds. The summed E-state index contributed by atoms with van der Waals surface area (Å²) < 4.78 is 23.4.